The Kier molecular flexibility index (Phi) is 7.42. The lowest BCUT2D eigenvalue weighted by atomic mass is 9.98. The van der Waals surface area contributed by atoms with E-state index in [1.165, 1.54) is 10.4 Å². The number of sulfonamides is 1. The van der Waals surface area contributed by atoms with E-state index in [-0.39, 0.29) is 23.9 Å². The van der Waals surface area contributed by atoms with Crippen LogP contribution in [0.15, 0.2) is 70.2 Å². The SMILES string of the molecule is O=S(=O)(c1cccc(C(F)(F)F)c1)N1CCC(CNc2cc(-c3ccccc3Cl)nc3c(Br)cnn23)CC1. The first kappa shape index (κ1) is 26.9. The van der Waals surface area contributed by atoms with E-state index in [1.807, 2.05) is 24.3 Å². The van der Waals surface area contributed by atoms with Crippen molar-refractivity contribution in [2.45, 2.75) is 23.9 Å². The number of fused-ring (bicyclic) bond motifs is 1. The first-order valence-corrected chi connectivity index (χ1v) is 14.4. The second-order valence-corrected chi connectivity index (χ2v) is 12.2. The van der Waals surface area contributed by atoms with Gasteiger partial charge in [0.2, 0.25) is 10.0 Å². The summed E-state index contributed by atoms with van der Waals surface area (Å²) in [6.07, 6.45) is -1.85. The van der Waals surface area contributed by atoms with Crippen molar-refractivity contribution >= 4 is 49.0 Å². The number of hydrogen-bond donors (Lipinski definition) is 1. The van der Waals surface area contributed by atoms with Gasteiger partial charge < -0.3 is 5.32 Å². The lowest BCUT2D eigenvalue weighted by molar-refractivity contribution is -0.137. The van der Waals surface area contributed by atoms with Gasteiger partial charge in [0, 0.05) is 36.3 Å². The van der Waals surface area contributed by atoms with E-state index in [1.54, 1.807) is 16.8 Å². The maximum atomic E-state index is 13.1. The molecule has 13 heteroatoms. The molecule has 0 atom stereocenters. The quantitative estimate of drug-likeness (QED) is 0.270. The Morgan fingerprint density at radius 1 is 1.08 bits per heavy atom. The van der Waals surface area contributed by atoms with E-state index in [4.69, 9.17) is 16.6 Å². The second kappa shape index (κ2) is 10.5. The highest BCUT2D eigenvalue weighted by atomic mass is 79.9. The zero-order valence-electron chi connectivity index (χ0n) is 19.8. The smallest absolute Gasteiger partial charge is 0.370 e. The number of nitrogens with one attached hydrogen (secondary N) is 1. The van der Waals surface area contributed by atoms with Crippen molar-refractivity contribution < 1.29 is 21.6 Å². The van der Waals surface area contributed by atoms with Crippen LogP contribution in [0.4, 0.5) is 19.0 Å². The first-order valence-electron chi connectivity index (χ1n) is 11.7. The summed E-state index contributed by atoms with van der Waals surface area (Å²) in [7, 11) is -4.03. The third-order valence-corrected chi connectivity index (χ3v) is 9.31. The molecule has 38 heavy (non-hydrogen) atoms. The average molecular weight is 629 g/mol. The Bertz CT molecular complexity index is 1590. The fraction of sp³-hybridized carbons (Fsp3) is 0.280. The van der Waals surface area contributed by atoms with Crippen molar-refractivity contribution in [2.75, 3.05) is 25.0 Å². The Morgan fingerprint density at radius 3 is 2.53 bits per heavy atom. The van der Waals surface area contributed by atoms with Gasteiger partial charge in [-0.15, -0.1) is 0 Å². The number of alkyl halides is 3. The van der Waals surface area contributed by atoms with Gasteiger partial charge >= 0.3 is 6.18 Å². The number of anilines is 1. The third-order valence-electron chi connectivity index (χ3n) is 6.52. The maximum Gasteiger partial charge on any atom is 0.416 e. The molecular weight excluding hydrogens is 607 g/mol. The van der Waals surface area contributed by atoms with Gasteiger partial charge in [-0.05, 0) is 59.0 Å². The Labute approximate surface area is 230 Å². The van der Waals surface area contributed by atoms with Crippen molar-refractivity contribution in [3.8, 4) is 11.3 Å². The van der Waals surface area contributed by atoms with Crippen molar-refractivity contribution in [1.82, 2.24) is 18.9 Å². The van der Waals surface area contributed by atoms with E-state index in [0.29, 0.717) is 47.6 Å². The molecule has 0 radical (unpaired) electrons. The molecule has 1 aliphatic rings. The molecule has 0 bridgehead atoms. The van der Waals surface area contributed by atoms with E-state index >= 15 is 0 Å². The molecule has 2 aromatic heterocycles. The highest BCUT2D eigenvalue weighted by molar-refractivity contribution is 9.10. The average Bonchev–Trinajstić information content (AvgIpc) is 3.28. The maximum absolute atomic E-state index is 13.1. The normalized spacial score (nSPS) is 15.7. The molecule has 0 unspecified atom stereocenters. The summed E-state index contributed by atoms with van der Waals surface area (Å²) in [6.45, 7) is 0.986. The molecule has 1 saturated heterocycles. The van der Waals surface area contributed by atoms with E-state index in [0.717, 1.165) is 22.2 Å². The monoisotopic (exact) mass is 627 g/mol. The molecule has 1 N–H and O–H groups in total. The number of halogens is 5. The number of nitrogens with zero attached hydrogens (tertiary/aromatic N) is 4. The standard InChI is InChI=1S/C25H22BrClF3N5O2S/c26-20-15-32-35-23(13-22(33-24(20)35)19-6-1-2-7-21(19)27)31-14-16-8-10-34(11-9-16)38(36,37)18-5-3-4-17(12-18)25(28,29)30/h1-7,12-13,15-16,31H,8-11,14H2. The number of rotatable bonds is 6. The van der Waals surface area contributed by atoms with Crippen LogP contribution in [0.3, 0.4) is 0 Å². The van der Waals surface area contributed by atoms with E-state index in [2.05, 4.69) is 26.3 Å². The molecular formula is C25H22BrClF3N5O2S. The van der Waals surface area contributed by atoms with Crippen molar-refractivity contribution in [1.29, 1.82) is 0 Å². The van der Waals surface area contributed by atoms with Crippen LogP contribution < -0.4 is 5.32 Å². The van der Waals surface area contributed by atoms with Crippen LogP contribution in [0.5, 0.6) is 0 Å². The predicted molar refractivity (Wildman–Crippen MR) is 143 cm³/mol. The van der Waals surface area contributed by atoms with Crippen LogP contribution in [0.1, 0.15) is 18.4 Å². The van der Waals surface area contributed by atoms with Gasteiger partial charge in [-0.3, -0.25) is 0 Å². The van der Waals surface area contributed by atoms with Crippen molar-refractivity contribution in [3.63, 3.8) is 0 Å². The van der Waals surface area contributed by atoms with Crippen LogP contribution >= 0.6 is 27.5 Å². The lowest BCUT2D eigenvalue weighted by Crippen LogP contribution is -2.40. The summed E-state index contributed by atoms with van der Waals surface area (Å²) in [5, 5.41) is 8.37. The number of hydrogen-bond acceptors (Lipinski definition) is 5. The van der Waals surface area contributed by atoms with Gasteiger partial charge in [0.25, 0.3) is 0 Å². The van der Waals surface area contributed by atoms with Crippen LogP contribution in [-0.2, 0) is 16.2 Å². The largest absolute Gasteiger partial charge is 0.416 e. The summed E-state index contributed by atoms with van der Waals surface area (Å²) < 4.78 is 68.9. The topological polar surface area (TPSA) is 79.6 Å². The lowest BCUT2D eigenvalue weighted by Gasteiger charge is -2.31. The Hall–Kier alpha value is -2.67. The van der Waals surface area contributed by atoms with Crippen LogP contribution in [0.25, 0.3) is 16.9 Å². The zero-order valence-corrected chi connectivity index (χ0v) is 22.9. The van der Waals surface area contributed by atoms with Gasteiger partial charge in [0.1, 0.15) is 5.82 Å². The Balaban J connectivity index is 1.29. The van der Waals surface area contributed by atoms with Crippen molar-refractivity contribution in [2.24, 2.45) is 5.92 Å². The minimum absolute atomic E-state index is 0.147. The van der Waals surface area contributed by atoms with Gasteiger partial charge in [-0.2, -0.15) is 27.1 Å². The highest BCUT2D eigenvalue weighted by Gasteiger charge is 2.34. The summed E-state index contributed by atoms with van der Waals surface area (Å²) >= 11 is 9.88. The molecule has 7 nitrogen and oxygen atoms in total. The number of piperidine rings is 1. The fourth-order valence-corrected chi connectivity index (χ4v) is 6.55. The fourth-order valence-electron chi connectivity index (χ4n) is 4.45. The molecule has 4 aromatic rings. The summed E-state index contributed by atoms with van der Waals surface area (Å²) in [5.74, 6) is 0.851. The summed E-state index contributed by atoms with van der Waals surface area (Å²) in [4.78, 5) is 4.35. The number of benzene rings is 2. The molecule has 3 heterocycles. The second-order valence-electron chi connectivity index (χ2n) is 8.99. The van der Waals surface area contributed by atoms with Crippen LogP contribution in [0, 0.1) is 5.92 Å². The van der Waals surface area contributed by atoms with Gasteiger partial charge in [-0.25, -0.2) is 13.4 Å². The third kappa shape index (κ3) is 5.40. The van der Waals surface area contributed by atoms with Gasteiger partial charge in [0.15, 0.2) is 5.65 Å². The molecule has 1 aliphatic heterocycles. The zero-order chi connectivity index (χ0) is 27.1. The summed E-state index contributed by atoms with van der Waals surface area (Å²) in [5.41, 5.74) is 1.09. The summed E-state index contributed by atoms with van der Waals surface area (Å²) in [6, 6.07) is 13.1. The van der Waals surface area contributed by atoms with Crippen molar-refractivity contribution in [3.05, 3.63) is 75.9 Å². The van der Waals surface area contributed by atoms with Crippen LogP contribution in [0.2, 0.25) is 5.02 Å². The highest BCUT2D eigenvalue weighted by Crippen LogP contribution is 2.33. The van der Waals surface area contributed by atoms with Gasteiger partial charge in [-0.1, -0.05) is 35.9 Å². The predicted octanol–water partition coefficient (Wildman–Crippen LogP) is 6.34. The molecule has 5 rings (SSSR count). The Morgan fingerprint density at radius 2 is 1.82 bits per heavy atom. The van der Waals surface area contributed by atoms with Crippen LogP contribution in [-0.4, -0.2) is 47.0 Å². The number of aromatic nitrogens is 3. The van der Waals surface area contributed by atoms with Gasteiger partial charge in [0.05, 0.1) is 26.8 Å². The molecule has 0 amide bonds. The minimum atomic E-state index is -4.61. The molecule has 0 saturated carbocycles. The van der Waals surface area contributed by atoms with E-state index < -0.39 is 21.8 Å². The molecule has 0 aliphatic carbocycles. The first-order chi connectivity index (χ1) is 18.0. The molecule has 1 fully saturated rings. The molecule has 2 aromatic carbocycles. The molecule has 200 valence electrons. The molecule has 0 spiro atoms. The minimum Gasteiger partial charge on any atom is -0.370 e. The van der Waals surface area contributed by atoms with E-state index in [9.17, 15) is 21.6 Å².